The van der Waals surface area contributed by atoms with Crippen molar-refractivity contribution in [3.8, 4) is 0 Å². The van der Waals surface area contributed by atoms with Crippen LogP contribution in [0.4, 0.5) is 0 Å². The van der Waals surface area contributed by atoms with Crippen LogP contribution in [0.15, 0.2) is 46.7 Å². The van der Waals surface area contributed by atoms with Crippen LogP contribution in [-0.2, 0) is 21.4 Å². The van der Waals surface area contributed by atoms with E-state index in [9.17, 15) is 13.2 Å². The molecule has 0 radical (unpaired) electrons. The fourth-order valence-electron chi connectivity index (χ4n) is 2.29. The molecule has 0 aliphatic heterocycles. The highest BCUT2D eigenvalue weighted by Gasteiger charge is 2.13. The topological polar surface area (TPSA) is 92.5 Å². The first-order valence-corrected chi connectivity index (χ1v) is 9.81. The number of likely N-dealkylation sites (N-methyl/N-ethyl adjacent to an activating group) is 1. The minimum Gasteiger partial charge on any atom is -0.348 e. The molecule has 8 heteroatoms. The lowest BCUT2D eigenvalue weighted by Gasteiger charge is -2.19. The van der Waals surface area contributed by atoms with Gasteiger partial charge in [0.25, 0.3) is 0 Å². The molecule has 2 rings (SSSR count). The van der Waals surface area contributed by atoms with Crippen molar-refractivity contribution in [3.05, 3.63) is 52.2 Å². The third kappa shape index (κ3) is 5.41. The summed E-state index contributed by atoms with van der Waals surface area (Å²) >= 11 is 1.66. The summed E-state index contributed by atoms with van der Waals surface area (Å²) in [4.78, 5) is 15.3. The third-order valence-electron chi connectivity index (χ3n) is 3.51. The van der Waals surface area contributed by atoms with Crippen LogP contribution in [0.1, 0.15) is 23.4 Å². The minimum atomic E-state index is -3.70. The molecule has 2 aromatic rings. The molecule has 3 N–H and O–H groups in total. The zero-order chi connectivity index (χ0) is 17.7. The first kappa shape index (κ1) is 18.6. The van der Waals surface area contributed by atoms with Gasteiger partial charge >= 0.3 is 0 Å². The Balaban J connectivity index is 1.89. The maximum absolute atomic E-state index is 12.1. The largest absolute Gasteiger partial charge is 0.348 e. The Labute approximate surface area is 146 Å². The Hall–Kier alpha value is -1.74. The summed E-state index contributed by atoms with van der Waals surface area (Å²) in [6, 6.07) is 9.99. The van der Waals surface area contributed by atoms with Crippen molar-refractivity contribution in [2.45, 2.75) is 24.4 Å². The normalized spacial score (nSPS) is 13.0. The fraction of sp³-hybridized carbons (Fsp3) is 0.312. The minimum absolute atomic E-state index is 0.0560. The molecule has 0 fully saturated rings. The number of nitrogens with zero attached hydrogens (tertiary/aromatic N) is 1. The molecule has 1 heterocycles. The van der Waals surface area contributed by atoms with Crippen molar-refractivity contribution < 1.29 is 13.2 Å². The number of nitrogens with two attached hydrogens (primary N) is 1. The third-order valence-corrected chi connectivity index (χ3v) is 5.30. The number of nitrogens with one attached hydrogen (secondary N) is 1. The van der Waals surface area contributed by atoms with E-state index in [4.69, 9.17) is 5.14 Å². The zero-order valence-electron chi connectivity index (χ0n) is 13.6. The smallest absolute Gasteiger partial charge is 0.238 e. The van der Waals surface area contributed by atoms with E-state index in [-0.39, 0.29) is 23.4 Å². The van der Waals surface area contributed by atoms with Crippen LogP contribution in [0.3, 0.4) is 0 Å². The van der Waals surface area contributed by atoms with Gasteiger partial charge in [-0.1, -0.05) is 18.2 Å². The molecule has 6 nitrogen and oxygen atoms in total. The number of benzene rings is 1. The van der Waals surface area contributed by atoms with Gasteiger partial charge in [-0.15, -0.1) is 11.3 Å². The van der Waals surface area contributed by atoms with E-state index < -0.39 is 10.0 Å². The molecular weight excluding hydrogens is 346 g/mol. The number of carbonyl (C=O) groups is 1. The van der Waals surface area contributed by atoms with Crippen LogP contribution in [0.2, 0.25) is 0 Å². The zero-order valence-corrected chi connectivity index (χ0v) is 15.2. The van der Waals surface area contributed by atoms with E-state index in [2.05, 4.69) is 5.32 Å². The molecule has 1 aromatic carbocycles. The van der Waals surface area contributed by atoms with Crippen LogP contribution >= 0.6 is 11.3 Å². The summed E-state index contributed by atoms with van der Waals surface area (Å²) in [5.41, 5.74) is 0.816. The van der Waals surface area contributed by atoms with E-state index in [0.29, 0.717) is 0 Å². The van der Waals surface area contributed by atoms with Gasteiger partial charge in [-0.2, -0.15) is 0 Å². The average molecular weight is 367 g/mol. The molecule has 0 aliphatic rings. The molecule has 1 aromatic heterocycles. The van der Waals surface area contributed by atoms with Crippen LogP contribution < -0.4 is 10.5 Å². The van der Waals surface area contributed by atoms with Crippen molar-refractivity contribution >= 4 is 27.3 Å². The molecule has 0 spiro atoms. The predicted octanol–water partition coefficient (Wildman–Crippen LogP) is 1.70. The molecule has 0 bridgehead atoms. The molecule has 1 atom stereocenters. The Morgan fingerprint density at radius 1 is 1.29 bits per heavy atom. The average Bonchev–Trinajstić information content (AvgIpc) is 2.98. The van der Waals surface area contributed by atoms with Gasteiger partial charge < -0.3 is 5.32 Å². The fourth-order valence-corrected chi connectivity index (χ4v) is 3.59. The summed E-state index contributed by atoms with van der Waals surface area (Å²) < 4.78 is 22.5. The molecule has 130 valence electrons. The lowest BCUT2D eigenvalue weighted by molar-refractivity contribution is -0.122. The Morgan fingerprint density at radius 2 is 1.96 bits per heavy atom. The molecule has 0 saturated carbocycles. The van der Waals surface area contributed by atoms with Crippen LogP contribution in [0, 0.1) is 0 Å². The Morgan fingerprint density at radius 3 is 2.50 bits per heavy atom. The van der Waals surface area contributed by atoms with Crippen molar-refractivity contribution in [1.82, 2.24) is 10.2 Å². The number of hydrogen-bond acceptors (Lipinski definition) is 5. The number of rotatable bonds is 7. The molecule has 0 saturated heterocycles. The van der Waals surface area contributed by atoms with Crippen molar-refractivity contribution in [2.24, 2.45) is 5.14 Å². The lowest BCUT2D eigenvalue weighted by Crippen LogP contribution is -2.36. The second kappa shape index (κ2) is 7.89. The summed E-state index contributed by atoms with van der Waals surface area (Å²) in [6.45, 7) is 2.86. The predicted molar refractivity (Wildman–Crippen MR) is 95.0 cm³/mol. The van der Waals surface area contributed by atoms with Crippen LogP contribution in [0.25, 0.3) is 0 Å². The van der Waals surface area contributed by atoms with Gasteiger partial charge in [0.15, 0.2) is 0 Å². The van der Waals surface area contributed by atoms with E-state index >= 15 is 0 Å². The van der Waals surface area contributed by atoms with Crippen molar-refractivity contribution in [3.63, 3.8) is 0 Å². The standard InChI is InChI=1S/C16H21N3O3S2/c1-12(13-5-7-15(8-6-13)24(17,21)22)18-16(20)11-19(2)10-14-4-3-9-23-14/h3-9,12H,10-11H2,1-2H3,(H,18,20)(H2,17,21,22)/t12-/m0/s1. The monoisotopic (exact) mass is 367 g/mol. The van der Waals surface area contributed by atoms with Crippen molar-refractivity contribution in [2.75, 3.05) is 13.6 Å². The van der Waals surface area contributed by atoms with E-state index in [1.165, 1.54) is 17.0 Å². The van der Waals surface area contributed by atoms with Gasteiger partial charge in [-0.25, -0.2) is 13.6 Å². The maximum atomic E-state index is 12.1. The number of thiophene rings is 1. The summed E-state index contributed by atoms with van der Waals surface area (Å²) in [7, 11) is -1.81. The number of primary sulfonamides is 1. The summed E-state index contributed by atoms with van der Waals surface area (Å²) in [6.07, 6.45) is 0. The lowest BCUT2D eigenvalue weighted by atomic mass is 10.1. The highest BCUT2D eigenvalue weighted by molar-refractivity contribution is 7.89. The van der Waals surface area contributed by atoms with Gasteiger partial charge in [0, 0.05) is 11.4 Å². The number of hydrogen-bond donors (Lipinski definition) is 2. The van der Waals surface area contributed by atoms with Gasteiger partial charge in [-0.3, -0.25) is 9.69 Å². The molecule has 0 aliphatic carbocycles. The van der Waals surface area contributed by atoms with Crippen molar-refractivity contribution in [1.29, 1.82) is 0 Å². The SMILES string of the molecule is C[C@H](NC(=O)CN(C)Cc1cccs1)c1ccc(S(N)(=O)=O)cc1. The molecular formula is C16H21N3O3S2. The van der Waals surface area contributed by atoms with E-state index in [0.717, 1.165) is 12.1 Å². The highest BCUT2D eigenvalue weighted by Crippen LogP contribution is 2.15. The molecule has 1 amide bonds. The van der Waals surface area contributed by atoms with E-state index in [1.54, 1.807) is 23.5 Å². The number of sulfonamides is 1. The van der Waals surface area contributed by atoms with E-state index in [1.807, 2.05) is 36.4 Å². The maximum Gasteiger partial charge on any atom is 0.238 e. The van der Waals surface area contributed by atoms with Crippen LogP contribution in [-0.4, -0.2) is 32.8 Å². The molecule has 0 unspecified atom stereocenters. The highest BCUT2D eigenvalue weighted by atomic mass is 32.2. The first-order chi connectivity index (χ1) is 11.3. The second-order valence-corrected chi connectivity index (χ2v) is 8.25. The first-order valence-electron chi connectivity index (χ1n) is 7.39. The number of carbonyl (C=O) groups excluding carboxylic acids is 1. The number of amides is 1. The Bertz CT molecular complexity index is 771. The van der Waals surface area contributed by atoms with Gasteiger partial charge in [0.05, 0.1) is 17.5 Å². The van der Waals surface area contributed by atoms with Gasteiger partial charge in [-0.05, 0) is 43.1 Å². The summed E-state index contributed by atoms with van der Waals surface area (Å²) in [5.74, 6) is -0.0860. The summed E-state index contributed by atoms with van der Waals surface area (Å²) in [5, 5.41) is 9.99. The second-order valence-electron chi connectivity index (χ2n) is 5.65. The Kier molecular flexibility index (Phi) is 6.11. The molecule has 24 heavy (non-hydrogen) atoms. The quantitative estimate of drug-likeness (QED) is 0.779. The van der Waals surface area contributed by atoms with Gasteiger partial charge in [0.1, 0.15) is 0 Å². The van der Waals surface area contributed by atoms with Gasteiger partial charge in [0.2, 0.25) is 15.9 Å². The van der Waals surface area contributed by atoms with Crippen LogP contribution in [0.5, 0.6) is 0 Å².